The van der Waals surface area contributed by atoms with E-state index >= 15 is 0 Å². The zero-order chi connectivity index (χ0) is 20.8. The van der Waals surface area contributed by atoms with E-state index in [1.807, 2.05) is 18.2 Å². The summed E-state index contributed by atoms with van der Waals surface area (Å²) >= 11 is 0. The van der Waals surface area contributed by atoms with Gasteiger partial charge in [-0.25, -0.2) is 0 Å². The van der Waals surface area contributed by atoms with Crippen molar-refractivity contribution in [3.8, 4) is 17.0 Å². The topological polar surface area (TPSA) is 83.3 Å². The van der Waals surface area contributed by atoms with Gasteiger partial charge in [0, 0.05) is 48.9 Å². The van der Waals surface area contributed by atoms with Crippen molar-refractivity contribution in [2.24, 2.45) is 7.05 Å². The highest BCUT2D eigenvalue weighted by molar-refractivity contribution is 5.89. The lowest BCUT2D eigenvalue weighted by Gasteiger charge is -2.26. The molecule has 0 amide bonds. The molecular formula is C22H27N5O2. The Balaban J connectivity index is 1.59. The number of pyridine rings is 1. The number of phenols is 1. The summed E-state index contributed by atoms with van der Waals surface area (Å²) in [6.07, 6.45) is 2.76. The quantitative estimate of drug-likeness (QED) is 0.712. The second-order valence-corrected chi connectivity index (χ2v) is 8.79. The minimum Gasteiger partial charge on any atom is -0.507 e. The Labute approximate surface area is 170 Å². The van der Waals surface area contributed by atoms with Gasteiger partial charge in [-0.05, 0) is 62.9 Å². The van der Waals surface area contributed by atoms with Gasteiger partial charge < -0.3 is 19.9 Å². The summed E-state index contributed by atoms with van der Waals surface area (Å²) in [5, 5.41) is 24.0. The molecule has 1 aromatic carbocycles. The van der Waals surface area contributed by atoms with E-state index in [1.54, 1.807) is 25.4 Å². The van der Waals surface area contributed by atoms with Crippen LogP contribution in [0.5, 0.6) is 5.75 Å². The van der Waals surface area contributed by atoms with Crippen molar-refractivity contribution in [2.75, 3.05) is 18.0 Å². The van der Waals surface area contributed by atoms with Crippen molar-refractivity contribution in [1.82, 2.24) is 20.1 Å². The molecule has 1 aliphatic rings. The Morgan fingerprint density at radius 3 is 2.66 bits per heavy atom. The van der Waals surface area contributed by atoms with Crippen LogP contribution in [0.1, 0.15) is 27.2 Å². The lowest BCUT2D eigenvalue weighted by Crippen LogP contribution is -2.45. The first kappa shape index (κ1) is 19.4. The number of phenolic OH excluding ortho intramolecular Hbond substituents is 1. The van der Waals surface area contributed by atoms with Crippen LogP contribution in [0.3, 0.4) is 0 Å². The first-order valence-corrected chi connectivity index (χ1v) is 9.90. The van der Waals surface area contributed by atoms with Crippen LogP contribution in [-0.4, -0.2) is 44.5 Å². The van der Waals surface area contributed by atoms with E-state index in [2.05, 4.69) is 41.2 Å². The van der Waals surface area contributed by atoms with Crippen molar-refractivity contribution in [1.29, 1.82) is 0 Å². The summed E-state index contributed by atoms with van der Waals surface area (Å²) in [7, 11) is 1.71. The average molecular weight is 393 g/mol. The predicted molar refractivity (Wildman–Crippen MR) is 115 cm³/mol. The highest BCUT2D eigenvalue weighted by Gasteiger charge is 2.26. The molecule has 3 aromatic rings. The van der Waals surface area contributed by atoms with Crippen LogP contribution < -0.4 is 15.8 Å². The molecule has 0 aliphatic carbocycles. The number of aromatic hydroxyl groups is 1. The van der Waals surface area contributed by atoms with Gasteiger partial charge in [0.15, 0.2) is 5.82 Å². The zero-order valence-electron chi connectivity index (χ0n) is 17.3. The molecule has 0 radical (unpaired) electrons. The maximum atomic E-state index is 12.4. The van der Waals surface area contributed by atoms with Gasteiger partial charge in [0.2, 0.25) is 0 Å². The molecule has 0 bridgehead atoms. The smallest absolute Gasteiger partial charge is 0.258 e. The fourth-order valence-corrected chi connectivity index (χ4v) is 3.92. The van der Waals surface area contributed by atoms with Gasteiger partial charge in [-0.3, -0.25) is 4.79 Å². The predicted octanol–water partition coefficient (Wildman–Crippen LogP) is 2.67. The number of nitrogens with zero attached hydrogens (tertiary/aromatic N) is 4. The summed E-state index contributed by atoms with van der Waals surface area (Å²) in [6, 6.07) is 9.30. The maximum Gasteiger partial charge on any atom is 0.258 e. The fraction of sp³-hybridized carbons (Fsp3) is 0.409. The standard InChI is InChI=1S/C22H27N5O2/c1-22(2,3)23-15-8-10-27(13-15)20-6-5-18(24-25-20)17-12-16-14(11-19(17)28)7-9-26(4)21(16)29/h5-7,9,11-12,15,23,28H,8,10,13H2,1-4H3/t15-/m1/s1. The van der Waals surface area contributed by atoms with E-state index in [-0.39, 0.29) is 16.8 Å². The van der Waals surface area contributed by atoms with E-state index in [1.165, 1.54) is 4.57 Å². The minimum atomic E-state index is -0.109. The second-order valence-electron chi connectivity index (χ2n) is 8.79. The number of aryl methyl sites for hydroxylation is 1. The normalized spacial score (nSPS) is 17.2. The summed E-state index contributed by atoms with van der Waals surface area (Å²) in [5.74, 6) is 0.909. The van der Waals surface area contributed by atoms with Crippen LogP contribution in [0.4, 0.5) is 5.82 Å². The highest BCUT2D eigenvalue weighted by Crippen LogP contribution is 2.31. The monoisotopic (exact) mass is 393 g/mol. The van der Waals surface area contributed by atoms with Gasteiger partial charge in [0.05, 0.1) is 5.69 Å². The Morgan fingerprint density at radius 1 is 1.17 bits per heavy atom. The molecule has 29 heavy (non-hydrogen) atoms. The highest BCUT2D eigenvalue weighted by atomic mass is 16.3. The van der Waals surface area contributed by atoms with E-state index in [0.29, 0.717) is 28.1 Å². The average Bonchev–Trinajstić information content (AvgIpc) is 3.11. The molecule has 0 spiro atoms. The molecule has 4 rings (SSSR count). The van der Waals surface area contributed by atoms with Crippen molar-refractivity contribution in [2.45, 2.75) is 38.8 Å². The largest absolute Gasteiger partial charge is 0.507 e. The molecule has 1 saturated heterocycles. The van der Waals surface area contributed by atoms with Gasteiger partial charge in [0.25, 0.3) is 5.56 Å². The Bertz CT molecular complexity index is 1100. The number of hydrogen-bond donors (Lipinski definition) is 2. The first-order valence-electron chi connectivity index (χ1n) is 9.90. The minimum absolute atomic E-state index is 0.0842. The molecule has 7 heteroatoms. The molecule has 3 heterocycles. The van der Waals surface area contributed by atoms with Gasteiger partial charge in [-0.15, -0.1) is 10.2 Å². The maximum absolute atomic E-state index is 12.4. The Morgan fingerprint density at radius 2 is 1.97 bits per heavy atom. The molecule has 1 fully saturated rings. The summed E-state index contributed by atoms with van der Waals surface area (Å²) in [4.78, 5) is 14.6. The molecule has 0 saturated carbocycles. The Hall–Kier alpha value is -2.93. The molecule has 1 atom stereocenters. The number of fused-ring (bicyclic) bond motifs is 1. The Kier molecular flexibility index (Phi) is 4.78. The number of benzene rings is 1. The van der Waals surface area contributed by atoms with Crippen molar-refractivity contribution in [3.05, 3.63) is 46.9 Å². The van der Waals surface area contributed by atoms with E-state index < -0.39 is 0 Å². The molecule has 0 unspecified atom stereocenters. The van der Waals surface area contributed by atoms with Crippen molar-refractivity contribution >= 4 is 16.6 Å². The molecule has 152 valence electrons. The zero-order valence-corrected chi connectivity index (χ0v) is 17.3. The number of rotatable bonds is 3. The van der Waals surface area contributed by atoms with Gasteiger partial charge in [-0.1, -0.05) is 0 Å². The summed E-state index contributed by atoms with van der Waals surface area (Å²) in [6.45, 7) is 8.34. The van der Waals surface area contributed by atoms with Crippen LogP contribution in [0.2, 0.25) is 0 Å². The van der Waals surface area contributed by atoms with Crippen LogP contribution in [0.25, 0.3) is 22.0 Å². The number of aromatic nitrogens is 3. The number of hydrogen-bond acceptors (Lipinski definition) is 6. The van der Waals surface area contributed by atoms with E-state index in [9.17, 15) is 9.90 Å². The molecule has 1 aliphatic heterocycles. The van der Waals surface area contributed by atoms with Crippen LogP contribution in [-0.2, 0) is 7.05 Å². The SMILES string of the molecule is Cn1ccc2cc(O)c(-c3ccc(N4CC[C@@H](NC(C)(C)C)C4)nn3)cc2c1=O. The lowest BCUT2D eigenvalue weighted by atomic mass is 10.0. The molecule has 2 N–H and O–H groups in total. The molecular weight excluding hydrogens is 366 g/mol. The first-order chi connectivity index (χ1) is 13.7. The number of anilines is 1. The third-order valence-electron chi connectivity index (χ3n) is 5.27. The second kappa shape index (κ2) is 7.15. The summed E-state index contributed by atoms with van der Waals surface area (Å²) < 4.78 is 1.52. The van der Waals surface area contributed by atoms with Gasteiger partial charge in [-0.2, -0.15) is 0 Å². The van der Waals surface area contributed by atoms with Gasteiger partial charge >= 0.3 is 0 Å². The van der Waals surface area contributed by atoms with Crippen molar-refractivity contribution < 1.29 is 5.11 Å². The van der Waals surface area contributed by atoms with Gasteiger partial charge in [0.1, 0.15) is 5.75 Å². The molecule has 7 nitrogen and oxygen atoms in total. The third kappa shape index (κ3) is 3.96. The number of nitrogens with one attached hydrogen (secondary N) is 1. The van der Waals surface area contributed by atoms with Crippen LogP contribution >= 0.6 is 0 Å². The van der Waals surface area contributed by atoms with Crippen LogP contribution in [0, 0.1) is 0 Å². The third-order valence-corrected chi connectivity index (χ3v) is 5.27. The van der Waals surface area contributed by atoms with E-state index in [0.717, 1.165) is 25.3 Å². The van der Waals surface area contributed by atoms with E-state index in [4.69, 9.17) is 0 Å². The molecule has 2 aromatic heterocycles. The van der Waals surface area contributed by atoms with Crippen molar-refractivity contribution in [3.63, 3.8) is 0 Å². The fourth-order valence-electron chi connectivity index (χ4n) is 3.92. The summed E-state index contributed by atoms with van der Waals surface area (Å²) in [5.41, 5.74) is 1.03. The van der Waals surface area contributed by atoms with Crippen LogP contribution in [0.15, 0.2) is 41.3 Å². The lowest BCUT2D eigenvalue weighted by molar-refractivity contribution is 0.373.